The van der Waals surface area contributed by atoms with Crippen molar-refractivity contribution in [2.75, 3.05) is 9.80 Å². The van der Waals surface area contributed by atoms with Crippen LogP contribution in [0, 0.1) is 6.92 Å². The smallest absolute Gasteiger partial charge is 0.0540 e. The van der Waals surface area contributed by atoms with Crippen LogP contribution >= 0.6 is 0 Å². The second-order valence-electron chi connectivity index (χ2n) is 11.7. The van der Waals surface area contributed by atoms with E-state index in [1.165, 1.54) is 33.2 Å². The molecule has 0 saturated carbocycles. The summed E-state index contributed by atoms with van der Waals surface area (Å²) in [5.41, 5.74) is 10.6. The number of anilines is 6. The van der Waals surface area contributed by atoms with Crippen LogP contribution in [0.2, 0.25) is 0 Å². The van der Waals surface area contributed by atoms with Gasteiger partial charge in [-0.15, -0.1) is 0 Å². The van der Waals surface area contributed by atoms with Crippen molar-refractivity contribution >= 4 is 51.0 Å². The fourth-order valence-electron chi connectivity index (χ4n) is 5.87. The first-order chi connectivity index (χ1) is 24.5. The molecular weight excluding hydrogens is 605 g/mol. The van der Waals surface area contributed by atoms with Gasteiger partial charge >= 0.3 is 0 Å². The lowest BCUT2D eigenvalue weighted by atomic mass is 10.00. The zero-order valence-electron chi connectivity index (χ0n) is 30.3. The SMILES string of the molecule is C/C=C\C.C/C=C\c1c(CC)cccc1N(c1ccccc1)c1cc(C)cc(N(c2ccccc2)c2cccc3ccccc23)c1.C=CC=C. The minimum atomic E-state index is 0.970. The fourth-order valence-corrected chi connectivity index (χ4v) is 5.87. The highest BCUT2D eigenvalue weighted by Crippen LogP contribution is 2.44. The molecule has 2 nitrogen and oxygen atoms in total. The largest absolute Gasteiger partial charge is 0.310 e. The summed E-state index contributed by atoms with van der Waals surface area (Å²) >= 11 is 0. The molecule has 6 aromatic carbocycles. The van der Waals surface area contributed by atoms with E-state index in [2.05, 4.69) is 195 Å². The topological polar surface area (TPSA) is 6.48 Å². The number of nitrogens with zero attached hydrogens (tertiary/aromatic N) is 2. The number of allylic oxidation sites excluding steroid dienone is 5. The van der Waals surface area contributed by atoms with Crippen LogP contribution in [0.3, 0.4) is 0 Å². The highest BCUT2D eigenvalue weighted by Gasteiger charge is 2.21. The molecule has 50 heavy (non-hydrogen) atoms. The summed E-state index contributed by atoms with van der Waals surface area (Å²) in [5, 5.41) is 2.44. The van der Waals surface area contributed by atoms with Crippen molar-refractivity contribution in [2.24, 2.45) is 0 Å². The molecule has 0 radical (unpaired) electrons. The molecule has 0 aliphatic carbocycles. The molecule has 2 heteroatoms. The molecule has 0 saturated heterocycles. The molecule has 6 rings (SSSR count). The molecular formula is C48H50N2. The Labute approximate surface area is 300 Å². The summed E-state index contributed by atoms with van der Waals surface area (Å²) in [4.78, 5) is 4.79. The van der Waals surface area contributed by atoms with Gasteiger partial charge in [0.15, 0.2) is 0 Å². The molecule has 0 amide bonds. The van der Waals surface area contributed by atoms with Gasteiger partial charge in [0.25, 0.3) is 0 Å². The monoisotopic (exact) mass is 654 g/mol. The van der Waals surface area contributed by atoms with Crippen LogP contribution in [-0.4, -0.2) is 0 Å². The standard InChI is InChI=1S/C40H36N2.C4H8.C4H6/c1-4-16-37-31(5-2)18-14-25-39(37)41(33-20-8-6-9-21-33)35-27-30(3)28-36(29-35)42(34-22-10-7-11-23-34)40-26-15-19-32-17-12-13-24-38(32)40;2*1-3-4-2/h4,6-29H,5H2,1-3H3;3-4H,1-2H3;3-4H,1-2H2/b16-4-;4-3-;. The Morgan fingerprint density at radius 3 is 1.56 bits per heavy atom. The Morgan fingerprint density at radius 2 is 1.02 bits per heavy atom. The lowest BCUT2D eigenvalue weighted by Crippen LogP contribution is -2.15. The first-order valence-electron chi connectivity index (χ1n) is 17.4. The number of aryl methyl sites for hydroxylation is 2. The van der Waals surface area contributed by atoms with Gasteiger partial charge < -0.3 is 9.80 Å². The van der Waals surface area contributed by atoms with Crippen molar-refractivity contribution in [3.8, 4) is 0 Å². The second kappa shape index (κ2) is 19.2. The fraction of sp³-hybridized carbons (Fsp3) is 0.125. The number of hydrogen-bond acceptors (Lipinski definition) is 2. The molecule has 0 unspecified atom stereocenters. The van der Waals surface area contributed by atoms with Crippen LogP contribution in [0.5, 0.6) is 0 Å². The first-order valence-corrected chi connectivity index (χ1v) is 17.4. The maximum atomic E-state index is 3.36. The van der Waals surface area contributed by atoms with E-state index < -0.39 is 0 Å². The predicted octanol–water partition coefficient (Wildman–Crippen LogP) is 14.6. The Kier molecular flexibility index (Phi) is 14.2. The van der Waals surface area contributed by atoms with Gasteiger partial charge in [0.05, 0.1) is 11.4 Å². The molecule has 0 heterocycles. The molecule has 0 spiro atoms. The number of fused-ring (bicyclic) bond motifs is 1. The van der Waals surface area contributed by atoms with E-state index >= 15 is 0 Å². The van der Waals surface area contributed by atoms with Gasteiger partial charge in [0, 0.05) is 33.7 Å². The maximum Gasteiger partial charge on any atom is 0.0540 e. The third kappa shape index (κ3) is 9.18. The van der Waals surface area contributed by atoms with Crippen LogP contribution in [0.15, 0.2) is 183 Å². The average Bonchev–Trinajstić information content (AvgIpc) is 3.16. The van der Waals surface area contributed by atoms with Gasteiger partial charge in [-0.05, 0) is 105 Å². The van der Waals surface area contributed by atoms with E-state index in [0.717, 1.165) is 34.9 Å². The van der Waals surface area contributed by atoms with Crippen molar-refractivity contribution in [3.63, 3.8) is 0 Å². The van der Waals surface area contributed by atoms with Crippen LogP contribution in [0.25, 0.3) is 16.8 Å². The third-order valence-electron chi connectivity index (χ3n) is 8.23. The van der Waals surface area contributed by atoms with E-state index in [1.54, 1.807) is 12.2 Å². The number of benzene rings is 6. The normalized spacial score (nSPS) is 10.6. The Balaban J connectivity index is 0.000000637. The molecule has 0 bridgehead atoms. The lowest BCUT2D eigenvalue weighted by Gasteiger charge is -2.31. The van der Waals surface area contributed by atoms with Gasteiger partial charge in [-0.1, -0.05) is 141 Å². The third-order valence-corrected chi connectivity index (χ3v) is 8.23. The molecule has 0 aromatic heterocycles. The minimum Gasteiger partial charge on any atom is -0.310 e. The summed E-state index contributed by atoms with van der Waals surface area (Å²) < 4.78 is 0. The Hall–Kier alpha value is -5.86. The highest BCUT2D eigenvalue weighted by molar-refractivity contribution is 5.99. The molecule has 0 aliphatic heterocycles. The van der Waals surface area contributed by atoms with Crippen LogP contribution < -0.4 is 9.80 Å². The van der Waals surface area contributed by atoms with Gasteiger partial charge in [-0.25, -0.2) is 0 Å². The van der Waals surface area contributed by atoms with Gasteiger partial charge in [0.2, 0.25) is 0 Å². The van der Waals surface area contributed by atoms with Crippen molar-refractivity contribution in [3.05, 3.63) is 200 Å². The number of para-hydroxylation sites is 2. The van der Waals surface area contributed by atoms with Gasteiger partial charge in [-0.2, -0.15) is 0 Å². The molecule has 0 fully saturated rings. The number of rotatable bonds is 9. The summed E-state index contributed by atoms with van der Waals surface area (Å²) in [7, 11) is 0. The van der Waals surface area contributed by atoms with E-state index in [9.17, 15) is 0 Å². The van der Waals surface area contributed by atoms with Crippen LogP contribution in [0.1, 0.15) is 44.4 Å². The van der Waals surface area contributed by atoms with Crippen molar-refractivity contribution in [2.45, 2.75) is 41.0 Å². The summed E-state index contributed by atoms with van der Waals surface area (Å²) in [5.74, 6) is 0. The zero-order valence-corrected chi connectivity index (χ0v) is 30.3. The van der Waals surface area contributed by atoms with E-state index in [1.807, 2.05) is 26.0 Å². The summed E-state index contributed by atoms with van der Waals surface area (Å²) in [6.07, 6.45) is 12.6. The summed E-state index contributed by atoms with van der Waals surface area (Å²) in [6.45, 7) is 17.2. The zero-order chi connectivity index (χ0) is 35.7. The van der Waals surface area contributed by atoms with E-state index in [0.29, 0.717) is 0 Å². The molecule has 0 atom stereocenters. The van der Waals surface area contributed by atoms with Crippen LogP contribution in [-0.2, 0) is 6.42 Å². The van der Waals surface area contributed by atoms with Crippen LogP contribution in [0.4, 0.5) is 34.1 Å². The predicted molar refractivity (Wildman–Crippen MR) is 223 cm³/mol. The minimum absolute atomic E-state index is 0.970. The van der Waals surface area contributed by atoms with Crippen molar-refractivity contribution in [1.29, 1.82) is 0 Å². The Bertz CT molecular complexity index is 2000. The lowest BCUT2D eigenvalue weighted by molar-refractivity contribution is 1.12. The average molecular weight is 655 g/mol. The maximum absolute atomic E-state index is 3.36. The Morgan fingerprint density at radius 1 is 0.520 bits per heavy atom. The molecule has 6 aromatic rings. The molecule has 0 N–H and O–H groups in total. The second-order valence-corrected chi connectivity index (χ2v) is 11.7. The van der Waals surface area contributed by atoms with Crippen molar-refractivity contribution in [1.82, 2.24) is 0 Å². The molecule has 252 valence electrons. The van der Waals surface area contributed by atoms with E-state index in [-0.39, 0.29) is 0 Å². The summed E-state index contributed by atoms with van der Waals surface area (Å²) in [6, 6.07) is 50.1. The first kappa shape index (κ1) is 37.0. The van der Waals surface area contributed by atoms with Gasteiger partial charge in [0.1, 0.15) is 0 Å². The van der Waals surface area contributed by atoms with Crippen molar-refractivity contribution < 1.29 is 0 Å². The van der Waals surface area contributed by atoms with E-state index in [4.69, 9.17) is 0 Å². The highest BCUT2D eigenvalue weighted by atomic mass is 15.2. The molecule has 0 aliphatic rings. The quantitative estimate of drug-likeness (QED) is 0.113. The van der Waals surface area contributed by atoms with Gasteiger partial charge in [-0.3, -0.25) is 0 Å². The number of hydrogen-bond donors (Lipinski definition) is 0.